The zero-order valence-electron chi connectivity index (χ0n) is 50.4. The number of ketones is 1. The van der Waals surface area contributed by atoms with Crippen molar-refractivity contribution in [3.05, 3.63) is 29.8 Å². The first-order valence-corrected chi connectivity index (χ1v) is 29.1. The third kappa shape index (κ3) is 17.7. The first-order valence-electron chi connectivity index (χ1n) is 29.1. The van der Waals surface area contributed by atoms with Crippen LogP contribution in [0.2, 0.25) is 0 Å². The Morgan fingerprint density at radius 1 is 0.877 bits per heavy atom. The van der Waals surface area contributed by atoms with Gasteiger partial charge in [-0.25, -0.2) is 4.79 Å². The van der Waals surface area contributed by atoms with Crippen molar-refractivity contribution in [2.75, 3.05) is 34.3 Å². The Bertz CT molecular complexity index is 2370. The minimum absolute atomic E-state index is 0.0987. The molecule has 1 aromatic carbocycles. The number of likely N-dealkylation sites (tertiary alicyclic amines) is 1. The zero-order valence-corrected chi connectivity index (χ0v) is 50.4. The number of amides is 7. The lowest BCUT2D eigenvalue weighted by Crippen LogP contribution is -2.62. The minimum atomic E-state index is -1.75. The molecule has 7 amide bonds. The first-order chi connectivity index (χ1) is 38.1. The minimum Gasteiger partial charge on any atom is -0.497 e. The number of hydrogen-bond acceptors (Lipinski definition) is 15. The van der Waals surface area contributed by atoms with Crippen molar-refractivity contribution < 1.29 is 67.3 Å². The third-order valence-corrected chi connectivity index (χ3v) is 16.0. The molecule has 81 heavy (non-hydrogen) atoms. The molecule has 3 aliphatic rings. The summed E-state index contributed by atoms with van der Waals surface area (Å²) in [5.41, 5.74) is 6.82. The Morgan fingerprint density at radius 2 is 1.52 bits per heavy atom. The molecule has 0 aliphatic carbocycles. The number of fused-ring (bicyclic) bond motifs is 1. The molecular weight excluding hydrogens is 1040 g/mol. The van der Waals surface area contributed by atoms with Crippen LogP contribution in [0.5, 0.6) is 5.75 Å². The standard InChI is InChI=1S/C59H94N8O14/c1-15-19-40(60)55(74)66-26-17-20-42(66)57(76)64(12)44(29-33(5)6)53(72)63-49-37(11)80-59(78)45(30-38-22-24-39(79-14)25-23-38)65(13)58(77)43-21-18-27-67(43)56(75)41(28-32(3)4)61-52(71)36(10)50(70)51(34(7)8)81-47(69)31-46(68)48(35(9)16-2)62-54(49)73/h22-25,32-37,40-46,48-49,51,68H,15-21,26-31,60H2,1-14H3,(H,61,71)(H,62,73)(H,63,72)/t35-,36?,37+,40?,41-,42-,43-,44+,45-,46-,48+,49-,51-/m0/s1. The molecule has 13 atom stereocenters. The molecule has 0 spiro atoms. The number of nitrogens with one attached hydrogen (secondary N) is 3. The molecule has 4 rings (SSSR count). The molecule has 3 aliphatic heterocycles. The molecular formula is C59H94N8O14. The van der Waals surface area contributed by atoms with Crippen LogP contribution in [-0.4, -0.2) is 185 Å². The van der Waals surface area contributed by atoms with Gasteiger partial charge in [-0.15, -0.1) is 0 Å². The van der Waals surface area contributed by atoms with E-state index < -0.39 is 144 Å². The number of nitrogens with zero attached hydrogens (tertiary/aromatic N) is 4. The van der Waals surface area contributed by atoms with Crippen molar-refractivity contribution in [2.24, 2.45) is 35.3 Å². The Balaban J connectivity index is 1.88. The molecule has 0 radical (unpaired) electrons. The summed E-state index contributed by atoms with van der Waals surface area (Å²) in [7, 11) is 4.35. The van der Waals surface area contributed by atoms with Crippen LogP contribution in [0.15, 0.2) is 24.3 Å². The van der Waals surface area contributed by atoms with Gasteiger partial charge in [0.1, 0.15) is 48.1 Å². The fourth-order valence-corrected chi connectivity index (χ4v) is 10.9. The van der Waals surface area contributed by atoms with Crippen molar-refractivity contribution in [3.63, 3.8) is 0 Å². The molecule has 1 aromatic rings. The lowest BCUT2D eigenvalue weighted by Gasteiger charge is -2.36. The van der Waals surface area contributed by atoms with E-state index in [1.807, 2.05) is 34.6 Å². The van der Waals surface area contributed by atoms with E-state index in [0.717, 1.165) is 0 Å². The van der Waals surface area contributed by atoms with Gasteiger partial charge < -0.3 is 60.6 Å². The number of ether oxygens (including phenoxy) is 3. The lowest BCUT2D eigenvalue weighted by molar-refractivity contribution is -0.163. The average Bonchev–Trinajstić information content (AvgIpc) is 4.23. The van der Waals surface area contributed by atoms with Gasteiger partial charge in [0, 0.05) is 33.6 Å². The maximum atomic E-state index is 15.1. The second-order valence-corrected chi connectivity index (χ2v) is 23.7. The average molecular weight is 1140 g/mol. The van der Waals surface area contributed by atoms with Crippen molar-refractivity contribution in [2.45, 2.75) is 213 Å². The van der Waals surface area contributed by atoms with Crippen LogP contribution in [0.4, 0.5) is 0 Å². The number of aliphatic hydroxyl groups excluding tert-OH is 1. The molecule has 3 heterocycles. The monoisotopic (exact) mass is 1140 g/mol. The summed E-state index contributed by atoms with van der Waals surface area (Å²) < 4.78 is 17.3. The Morgan fingerprint density at radius 3 is 2.10 bits per heavy atom. The summed E-state index contributed by atoms with van der Waals surface area (Å²) in [6, 6.07) is -2.81. The first kappa shape index (κ1) is 67.3. The summed E-state index contributed by atoms with van der Waals surface area (Å²) in [5.74, 6) is -9.79. The van der Waals surface area contributed by atoms with Crippen molar-refractivity contribution in [1.29, 1.82) is 0 Å². The number of cyclic esters (lactones) is 2. The SMILES string of the molecule is CCCC(N)C(=O)N1CCC[C@H]1C(=O)N(C)[C@H](CC(C)C)C(=O)N[C@@H]1C(=O)N[C@H]([C@@H](C)CC)[C@@H](O)CC(=O)O[C@@H](C(C)C)C(=O)C(C)C(=O)N[C@@H](CC(C)C)C(=O)N2CCC[C@H]2C(=O)N(C)[C@@H](Cc2ccc(OC)cc2)C(=O)O[C@@H]1C. The highest BCUT2D eigenvalue weighted by molar-refractivity contribution is 6.05. The van der Waals surface area contributed by atoms with E-state index in [2.05, 4.69) is 16.0 Å². The highest BCUT2D eigenvalue weighted by atomic mass is 16.6. The van der Waals surface area contributed by atoms with Crippen molar-refractivity contribution in [1.82, 2.24) is 35.6 Å². The number of aliphatic hydroxyl groups is 1. The number of likely N-dealkylation sites (N-methyl/N-ethyl adjacent to an activating group) is 2. The van der Waals surface area contributed by atoms with Gasteiger partial charge in [-0.3, -0.25) is 43.2 Å². The molecule has 3 saturated heterocycles. The highest BCUT2D eigenvalue weighted by Gasteiger charge is 2.46. The van der Waals surface area contributed by atoms with E-state index in [0.29, 0.717) is 56.4 Å². The maximum absolute atomic E-state index is 15.1. The van der Waals surface area contributed by atoms with E-state index in [9.17, 15) is 43.5 Å². The lowest BCUT2D eigenvalue weighted by atomic mass is 9.91. The number of hydrogen-bond donors (Lipinski definition) is 5. The molecule has 22 nitrogen and oxygen atoms in total. The van der Waals surface area contributed by atoms with Crippen LogP contribution in [0, 0.1) is 29.6 Å². The van der Waals surface area contributed by atoms with Gasteiger partial charge in [0.05, 0.1) is 37.6 Å². The number of esters is 2. The van der Waals surface area contributed by atoms with E-state index in [4.69, 9.17) is 19.9 Å². The zero-order chi connectivity index (χ0) is 60.7. The van der Waals surface area contributed by atoms with Gasteiger partial charge in [0.2, 0.25) is 41.4 Å². The molecule has 0 bridgehead atoms. The van der Waals surface area contributed by atoms with Gasteiger partial charge in [-0.2, -0.15) is 0 Å². The van der Waals surface area contributed by atoms with E-state index in [1.165, 1.54) is 54.7 Å². The molecule has 454 valence electrons. The summed E-state index contributed by atoms with van der Waals surface area (Å²) in [6.45, 7) is 19.2. The van der Waals surface area contributed by atoms with Crippen LogP contribution in [-0.2, 0) is 63.8 Å². The molecule has 2 unspecified atom stereocenters. The van der Waals surface area contributed by atoms with E-state index in [-0.39, 0.29) is 50.0 Å². The Labute approximate surface area is 479 Å². The summed E-state index contributed by atoms with van der Waals surface area (Å²) >= 11 is 0. The number of methoxy groups -OCH3 is 1. The largest absolute Gasteiger partial charge is 0.497 e. The Kier molecular flexibility index (Phi) is 25.6. The van der Waals surface area contributed by atoms with Crippen molar-refractivity contribution in [3.8, 4) is 5.75 Å². The van der Waals surface area contributed by atoms with E-state index >= 15 is 9.59 Å². The van der Waals surface area contributed by atoms with Gasteiger partial charge in [-0.05, 0) is 100 Å². The predicted octanol–water partition coefficient (Wildman–Crippen LogP) is 3.06. The topological polar surface area (TPSA) is 294 Å². The number of nitrogens with two attached hydrogens (primary N) is 1. The number of benzene rings is 1. The van der Waals surface area contributed by atoms with E-state index in [1.54, 1.807) is 52.0 Å². The number of rotatable bonds is 17. The smallest absolute Gasteiger partial charge is 0.329 e. The van der Waals surface area contributed by atoms with Crippen molar-refractivity contribution >= 4 is 59.1 Å². The van der Waals surface area contributed by atoms with Gasteiger partial charge >= 0.3 is 11.9 Å². The Hall–Kier alpha value is -6.16. The van der Waals surface area contributed by atoms with Crippen LogP contribution in [0.25, 0.3) is 0 Å². The second-order valence-electron chi connectivity index (χ2n) is 23.7. The van der Waals surface area contributed by atoms with Crippen LogP contribution in [0.1, 0.15) is 146 Å². The molecule has 0 saturated carbocycles. The van der Waals surface area contributed by atoms with Crippen LogP contribution >= 0.6 is 0 Å². The summed E-state index contributed by atoms with van der Waals surface area (Å²) in [4.78, 5) is 150. The number of carbonyl (C=O) groups is 10. The maximum Gasteiger partial charge on any atom is 0.329 e. The second kappa shape index (κ2) is 30.8. The van der Waals surface area contributed by atoms with Gasteiger partial charge in [0.15, 0.2) is 11.9 Å². The predicted molar refractivity (Wildman–Crippen MR) is 301 cm³/mol. The highest BCUT2D eigenvalue weighted by Crippen LogP contribution is 2.27. The number of Topliss-reactive ketones (excluding diaryl/α,β-unsaturated/α-hetero) is 1. The summed E-state index contributed by atoms with van der Waals surface area (Å²) in [6.07, 6.45) is -2.32. The summed E-state index contributed by atoms with van der Waals surface area (Å²) in [5, 5.41) is 20.2. The van der Waals surface area contributed by atoms with Gasteiger partial charge in [-0.1, -0.05) is 87.3 Å². The quantitative estimate of drug-likeness (QED) is 0.111. The fraction of sp³-hybridized carbons (Fsp3) is 0.729. The molecule has 0 aromatic heterocycles. The molecule has 6 N–H and O–H groups in total. The van der Waals surface area contributed by atoms with Crippen LogP contribution in [0.3, 0.4) is 0 Å². The van der Waals surface area contributed by atoms with Crippen LogP contribution < -0.4 is 26.4 Å². The number of carbonyl (C=O) groups excluding carboxylic acids is 10. The van der Waals surface area contributed by atoms with Gasteiger partial charge in [0.25, 0.3) is 0 Å². The molecule has 3 fully saturated rings. The third-order valence-electron chi connectivity index (χ3n) is 16.0. The normalized spacial score (nSPS) is 27.3. The fourth-order valence-electron chi connectivity index (χ4n) is 10.9. The molecule has 22 heteroatoms.